The van der Waals surface area contributed by atoms with Gasteiger partial charge in [-0.15, -0.1) is 11.3 Å². The zero-order valence-electron chi connectivity index (χ0n) is 10.5. The zero-order valence-corrected chi connectivity index (χ0v) is 11.4. The van der Waals surface area contributed by atoms with Crippen molar-refractivity contribution in [3.05, 3.63) is 29.3 Å². The second kappa shape index (κ2) is 5.14. The van der Waals surface area contributed by atoms with Crippen LogP contribution in [0, 0.1) is 0 Å². The summed E-state index contributed by atoms with van der Waals surface area (Å²) in [6, 6.07) is 5.58. The first kappa shape index (κ1) is 12.4. The van der Waals surface area contributed by atoms with E-state index >= 15 is 0 Å². The van der Waals surface area contributed by atoms with E-state index in [1.165, 1.54) is 0 Å². The van der Waals surface area contributed by atoms with Crippen molar-refractivity contribution in [3.8, 4) is 10.6 Å². The first-order chi connectivity index (χ1) is 9.24. The van der Waals surface area contributed by atoms with Crippen LogP contribution >= 0.6 is 11.3 Å². The van der Waals surface area contributed by atoms with Crippen molar-refractivity contribution in [2.45, 2.75) is 13.0 Å². The normalized spacial score (nSPS) is 19.6. The average molecular weight is 278 g/mol. The van der Waals surface area contributed by atoms with Crippen LogP contribution in [0.4, 0.5) is 0 Å². The average Bonchev–Trinajstić information content (AvgIpc) is 3.08. The topological polar surface area (TPSA) is 55.6 Å². The minimum atomic E-state index is -0.0956. The number of hydrogen-bond acceptors (Lipinski definition) is 5. The summed E-state index contributed by atoms with van der Waals surface area (Å²) in [5, 5.41) is 5.83. The van der Waals surface area contributed by atoms with Crippen LogP contribution < -0.4 is 0 Å². The number of thiophene rings is 1. The van der Waals surface area contributed by atoms with E-state index in [1.807, 2.05) is 24.4 Å². The highest BCUT2D eigenvalue weighted by Gasteiger charge is 2.25. The first-order valence-electron chi connectivity index (χ1n) is 6.15. The Bertz CT molecular complexity index is 564. The van der Waals surface area contributed by atoms with Crippen LogP contribution in [0.5, 0.6) is 0 Å². The fourth-order valence-electron chi connectivity index (χ4n) is 2.08. The molecule has 0 unspecified atom stereocenters. The molecule has 1 saturated heterocycles. The van der Waals surface area contributed by atoms with Crippen LogP contribution in [0.15, 0.2) is 28.1 Å². The van der Waals surface area contributed by atoms with E-state index in [0.29, 0.717) is 31.2 Å². The molecule has 2 aromatic rings. The molecule has 0 radical (unpaired) electrons. The Morgan fingerprint density at radius 2 is 2.47 bits per heavy atom. The van der Waals surface area contributed by atoms with Crippen molar-refractivity contribution < 1.29 is 14.1 Å². The molecule has 6 heteroatoms. The summed E-state index contributed by atoms with van der Waals surface area (Å²) in [4.78, 5) is 15.0. The minimum absolute atomic E-state index is 0.0707. The SMILES string of the molecule is C[C@H]1CN(C(=O)c2cc(-c3cccs3)on2)CCO1. The van der Waals surface area contributed by atoms with Gasteiger partial charge < -0.3 is 14.2 Å². The number of amides is 1. The number of hydrogen-bond donors (Lipinski definition) is 0. The maximum absolute atomic E-state index is 12.3. The predicted octanol–water partition coefficient (Wildman–Crippen LogP) is 2.26. The monoisotopic (exact) mass is 278 g/mol. The third-order valence-corrected chi connectivity index (χ3v) is 3.91. The smallest absolute Gasteiger partial charge is 0.276 e. The summed E-state index contributed by atoms with van der Waals surface area (Å²) in [5.41, 5.74) is 0.359. The van der Waals surface area contributed by atoms with Gasteiger partial charge in [0.1, 0.15) is 0 Å². The Morgan fingerprint density at radius 3 is 3.21 bits per heavy atom. The van der Waals surface area contributed by atoms with E-state index in [-0.39, 0.29) is 12.0 Å². The van der Waals surface area contributed by atoms with Gasteiger partial charge in [0.25, 0.3) is 5.91 Å². The number of ether oxygens (including phenoxy) is 1. The molecular weight excluding hydrogens is 264 g/mol. The fraction of sp³-hybridized carbons (Fsp3) is 0.385. The van der Waals surface area contributed by atoms with Gasteiger partial charge in [-0.1, -0.05) is 11.2 Å². The Labute approximate surface area is 114 Å². The quantitative estimate of drug-likeness (QED) is 0.845. The zero-order chi connectivity index (χ0) is 13.2. The minimum Gasteiger partial charge on any atom is -0.375 e. The van der Waals surface area contributed by atoms with E-state index < -0.39 is 0 Å². The van der Waals surface area contributed by atoms with Gasteiger partial charge in [0, 0.05) is 19.2 Å². The number of nitrogens with zero attached hydrogens (tertiary/aromatic N) is 2. The van der Waals surface area contributed by atoms with Crippen LogP contribution in [0.3, 0.4) is 0 Å². The molecule has 0 aliphatic carbocycles. The van der Waals surface area contributed by atoms with E-state index in [0.717, 1.165) is 4.88 Å². The third-order valence-electron chi connectivity index (χ3n) is 3.02. The molecule has 0 aromatic carbocycles. The molecule has 2 aromatic heterocycles. The number of carbonyl (C=O) groups is 1. The van der Waals surface area contributed by atoms with Crippen LogP contribution in [-0.2, 0) is 4.74 Å². The summed E-state index contributed by atoms with van der Waals surface area (Å²) in [7, 11) is 0. The molecular formula is C13H14N2O3S. The van der Waals surface area contributed by atoms with Crippen LogP contribution in [0.2, 0.25) is 0 Å². The van der Waals surface area contributed by atoms with E-state index in [1.54, 1.807) is 22.3 Å². The summed E-state index contributed by atoms with van der Waals surface area (Å²) in [6.45, 7) is 3.73. The van der Waals surface area contributed by atoms with E-state index in [2.05, 4.69) is 5.16 Å². The standard InChI is InChI=1S/C13H14N2O3S/c1-9-8-15(4-5-17-9)13(16)10-7-11(18-14-10)12-3-2-6-19-12/h2-3,6-7,9H,4-5,8H2,1H3/t9-/m0/s1. The van der Waals surface area contributed by atoms with Gasteiger partial charge in [-0.05, 0) is 18.4 Å². The summed E-state index contributed by atoms with van der Waals surface area (Å²) in [6.07, 6.45) is 0.0707. The Kier molecular flexibility index (Phi) is 3.35. The highest BCUT2D eigenvalue weighted by molar-refractivity contribution is 7.13. The lowest BCUT2D eigenvalue weighted by Crippen LogP contribution is -2.44. The van der Waals surface area contributed by atoms with E-state index in [9.17, 15) is 4.79 Å². The van der Waals surface area contributed by atoms with Gasteiger partial charge in [-0.2, -0.15) is 0 Å². The molecule has 100 valence electrons. The lowest BCUT2D eigenvalue weighted by molar-refractivity contribution is -0.0127. The maximum Gasteiger partial charge on any atom is 0.276 e. The van der Waals surface area contributed by atoms with Crippen molar-refractivity contribution in [1.82, 2.24) is 10.1 Å². The largest absolute Gasteiger partial charge is 0.375 e. The summed E-state index contributed by atoms with van der Waals surface area (Å²) < 4.78 is 10.7. The Hall–Kier alpha value is -1.66. The predicted molar refractivity (Wildman–Crippen MR) is 71.1 cm³/mol. The van der Waals surface area contributed by atoms with Crippen molar-refractivity contribution in [2.24, 2.45) is 0 Å². The molecule has 0 N–H and O–H groups in total. The van der Waals surface area contributed by atoms with Gasteiger partial charge in [0.2, 0.25) is 0 Å². The second-order valence-corrected chi connectivity index (χ2v) is 5.43. The second-order valence-electron chi connectivity index (χ2n) is 4.49. The lowest BCUT2D eigenvalue weighted by Gasteiger charge is -2.30. The van der Waals surface area contributed by atoms with Gasteiger partial charge in [0.05, 0.1) is 17.6 Å². The molecule has 19 heavy (non-hydrogen) atoms. The molecule has 3 heterocycles. The highest BCUT2D eigenvalue weighted by Crippen LogP contribution is 2.25. The van der Waals surface area contributed by atoms with Gasteiger partial charge in [0.15, 0.2) is 11.5 Å². The van der Waals surface area contributed by atoms with Crippen molar-refractivity contribution >= 4 is 17.2 Å². The molecule has 1 amide bonds. The molecule has 1 aliphatic heterocycles. The molecule has 0 spiro atoms. The maximum atomic E-state index is 12.3. The summed E-state index contributed by atoms with van der Waals surface area (Å²) >= 11 is 1.56. The van der Waals surface area contributed by atoms with Gasteiger partial charge >= 0.3 is 0 Å². The Morgan fingerprint density at radius 1 is 1.58 bits per heavy atom. The molecule has 1 fully saturated rings. The molecule has 1 atom stereocenters. The van der Waals surface area contributed by atoms with Crippen molar-refractivity contribution in [1.29, 1.82) is 0 Å². The highest BCUT2D eigenvalue weighted by atomic mass is 32.1. The number of aromatic nitrogens is 1. The van der Waals surface area contributed by atoms with Crippen LogP contribution in [-0.4, -0.2) is 41.8 Å². The van der Waals surface area contributed by atoms with Crippen LogP contribution in [0.1, 0.15) is 17.4 Å². The van der Waals surface area contributed by atoms with Gasteiger partial charge in [-0.25, -0.2) is 0 Å². The molecule has 3 rings (SSSR count). The van der Waals surface area contributed by atoms with Gasteiger partial charge in [-0.3, -0.25) is 4.79 Å². The first-order valence-corrected chi connectivity index (χ1v) is 7.03. The fourth-order valence-corrected chi connectivity index (χ4v) is 2.75. The molecule has 1 aliphatic rings. The Balaban J connectivity index is 1.77. The number of carbonyl (C=O) groups excluding carboxylic acids is 1. The summed E-state index contributed by atoms with van der Waals surface area (Å²) in [5.74, 6) is 0.543. The lowest BCUT2D eigenvalue weighted by atomic mass is 10.2. The third kappa shape index (κ3) is 2.54. The number of morpholine rings is 1. The molecule has 0 bridgehead atoms. The molecule has 0 saturated carbocycles. The van der Waals surface area contributed by atoms with Crippen molar-refractivity contribution in [3.63, 3.8) is 0 Å². The van der Waals surface area contributed by atoms with Crippen molar-refractivity contribution in [2.75, 3.05) is 19.7 Å². The van der Waals surface area contributed by atoms with Crippen LogP contribution in [0.25, 0.3) is 10.6 Å². The number of rotatable bonds is 2. The molecule has 5 nitrogen and oxygen atoms in total. The van der Waals surface area contributed by atoms with E-state index in [4.69, 9.17) is 9.26 Å².